The van der Waals surface area contributed by atoms with Crippen molar-refractivity contribution in [1.82, 2.24) is 10.3 Å². The van der Waals surface area contributed by atoms with Crippen LogP contribution in [0.1, 0.15) is 16.7 Å². The second kappa shape index (κ2) is 8.57. The number of benzene rings is 2. The van der Waals surface area contributed by atoms with E-state index in [2.05, 4.69) is 10.3 Å². The number of halogens is 1. The van der Waals surface area contributed by atoms with Crippen molar-refractivity contribution in [2.75, 3.05) is 13.2 Å². The Morgan fingerprint density at radius 3 is 2.59 bits per heavy atom. The summed E-state index contributed by atoms with van der Waals surface area (Å²) in [4.78, 5) is 15.3. The van der Waals surface area contributed by atoms with E-state index in [9.17, 15) is 9.90 Å². The number of rotatable bonds is 7. The predicted octanol–water partition coefficient (Wildman–Crippen LogP) is 3.33. The lowest BCUT2D eigenvalue weighted by molar-refractivity contribution is 0.106. The molecule has 0 spiro atoms. The molecule has 1 atom stereocenters. The van der Waals surface area contributed by atoms with Crippen LogP contribution in [-0.2, 0) is 6.54 Å². The molecular formula is C21H23ClN2O3. The van der Waals surface area contributed by atoms with Crippen molar-refractivity contribution >= 4 is 22.5 Å². The van der Waals surface area contributed by atoms with Crippen molar-refractivity contribution in [2.45, 2.75) is 26.5 Å². The summed E-state index contributed by atoms with van der Waals surface area (Å²) in [7, 11) is 0. The van der Waals surface area contributed by atoms with Gasteiger partial charge in [-0.05, 0) is 55.3 Å². The first-order chi connectivity index (χ1) is 12.9. The minimum atomic E-state index is -0.691. The van der Waals surface area contributed by atoms with Crippen LogP contribution in [0.15, 0.2) is 47.3 Å². The van der Waals surface area contributed by atoms with E-state index in [0.717, 1.165) is 22.0 Å². The molecule has 0 bridgehead atoms. The third kappa shape index (κ3) is 4.89. The van der Waals surface area contributed by atoms with Crippen LogP contribution in [0.2, 0.25) is 5.02 Å². The Balaban J connectivity index is 1.57. The van der Waals surface area contributed by atoms with Crippen molar-refractivity contribution < 1.29 is 9.84 Å². The van der Waals surface area contributed by atoms with Crippen LogP contribution < -0.4 is 15.6 Å². The van der Waals surface area contributed by atoms with Gasteiger partial charge in [-0.2, -0.15) is 0 Å². The van der Waals surface area contributed by atoms with E-state index >= 15 is 0 Å². The molecule has 1 heterocycles. The Labute approximate surface area is 163 Å². The molecule has 6 heteroatoms. The zero-order valence-electron chi connectivity index (χ0n) is 15.4. The van der Waals surface area contributed by atoms with Gasteiger partial charge in [-0.3, -0.25) is 4.79 Å². The van der Waals surface area contributed by atoms with Gasteiger partial charge in [0.1, 0.15) is 18.5 Å². The van der Waals surface area contributed by atoms with Gasteiger partial charge < -0.3 is 20.1 Å². The first-order valence-corrected chi connectivity index (χ1v) is 9.21. The Hall–Kier alpha value is -2.34. The fourth-order valence-corrected chi connectivity index (χ4v) is 3.03. The van der Waals surface area contributed by atoms with Gasteiger partial charge >= 0.3 is 0 Å². The number of pyridine rings is 1. The highest BCUT2D eigenvalue weighted by atomic mass is 35.5. The lowest BCUT2D eigenvalue weighted by atomic mass is 10.0. The zero-order chi connectivity index (χ0) is 19.4. The van der Waals surface area contributed by atoms with Gasteiger partial charge in [0.05, 0.1) is 5.52 Å². The molecule has 0 radical (unpaired) electrons. The fourth-order valence-electron chi connectivity index (χ4n) is 2.91. The van der Waals surface area contributed by atoms with Crippen molar-refractivity contribution in [3.63, 3.8) is 0 Å². The molecule has 1 aromatic heterocycles. The number of nitrogens with one attached hydrogen (secondary N) is 2. The molecule has 0 fully saturated rings. The summed E-state index contributed by atoms with van der Waals surface area (Å²) in [5, 5.41) is 14.9. The maximum absolute atomic E-state index is 12.3. The molecule has 142 valence electrons. The summed E-state index contributed by atoms with van der Waals surface area (Å²) in [5.74, 6) is 0.648. The van der Waals surface area contributed by atoms with Gasteiger partial charge in [-0.1, -0.05) is 23.7 Å². The number of aromatic nitrogens is 1. The van der Waals surface area contributed by atoms with Gasteiger partial charge in [0.25, 0.3) is 5.56 Å². The van der Waals surface area contributed by atoms with Gasteiger partial charge in [-0.15, -0.1) is 0 Å². The van der Waals surface area contributed by atoms with Crippen molar-refractivity contribution in [3.05, 3.63) is 74.5 Å². The highest BCUT2D eigenvalue weighted by Crippen LogP contribution is 2.19. The number of aliphatic hydroxyl groups excluding tert-OH is 1. The molecule has 0 aliphatic heterocycles. The molecule has 0 aliphatic carbocycles. The lowest BCUT2D eigenvalue weighted by Crippen LogP contribution is -2.32. The van der Waals surface area contributed by atoms with Crippen LogP contribution in [0.4, 0.5) is 0 Å². The van der Waals surface area contributed by atoms with E-state index in [-0.39, 0.29) is 12.2 Å². The average molecular weight is 387 g/mol. The predicted molar refractivity (Wildman–Crippen MR) is 109 cm³/mol. The van der Waals surface area contributed by atoms with Crippen molar-refractivity contribution in [3.8, 4) is 5.75 Å². The van der Waals surface area contributed by atoms with Gasteiger partial charge in [0.2, 0.25) is 0 Å². The van der Waals surface area contributed by atoms with E-state index in [1.165, 1.54) is 0 Å². The molecule has 0 saturated carbocycles. The number of fused-ring (bicyclic) bond motifs is 1. The molecule has 3 N–H and O–H groups in total. The van der Waals surface area contributed by atoms with E-state index in [0.29, 0.717) is 29.4 Å². The zero-order valence-corrected chi connectivity index (χ0v) is 16.1. The first kappa shape index (κ1) is 19.4. The summed E-state index contributed by atoms with van der Waals surface area (Å²) in [6.07, 6.45) is -0.691. The monoisotopic (exact) mass is 386 g/mol. The average Bonchev–Trinajstić information content (AvgIpc) is 2.65. The summed E-state index contributed by atoms with van der Waals surface area (Å²) >= 11 is 5.83. The third-order valence-electron chi connectivity index (χ3n) is 4.47. The van der Waals surface area contributed by atoms with Gasteiger partial charge in [0, 0.05) is 29.1 Å². The van der Waals surface area contributed by atoms with Crippen LogP contribution in [0, 0.1) is 13.8 Å². The molecule has 0 amide bonds. The topological polar surface area (TPSA) is 74.4 Å². The highest BCUT2D eigenvalue weighted by molar-refractivity contribution is 6.30. The van der Waals surface area contributed by atoms with Crippen LogP contribution in [0.5, 0.6) is 5.75 Å². The first-order valence-electron chi connectivity index (χ1n) is 8.83. The summed E-state index contributed by atoms with van der Waals surface area (Å²) in [5.41, 5.74) is 3.56. The quantitative estimate of drug-likeness (QED) is 0.582. The summed E-state index contributed by atoms with van der Waals surface area (Å²) in [6.45, 7) is 4.84. The SMILES string of the molecule is Cc1ccc(C)c2[nH]c(=O)c(CNC[C@@H](O)COc3ccc(Cl)cc3)cc12. The molecule has 5 nitrogen and oxygen atoms in total. The van der Waals surface area contributed by atoms with Gasteiger partial charge in [0.15, 0.2) is 0 Å². The lowest BCUT2D eigenvalue weighted by Gasteiger charge is -2.14. The normalized spacial score (nSPS) is 12.3. The minimum absolute atomic E-state index is 0.115. The number of hydrogen-bond donors (Lipinski definition) is 3. The highest BCUT2D eigenvalue weighted by Gasteiger charge is 2.09. The molecule has 3 rings (SSSR count). The Morgan fingerprint density at radius 2 is 1.85 bits per heavy atom. The molecule has 0 unspecified atom stereocenters. The number of ether oxygens (including phenoxy) is 1. The third-order valence-corrected chi connectivity index (χ3v) is 4.72. The smallest absolute Gasteiger partial charge is 0.252 e. The number of aliphatic hydroxyl groups is 1. The minimum Gasteiger partial charge on any atom is -0.491 e. The van der Waals surface area contributed by atoms with E-state index in [1.807, 2.05) is 32.0 Å². The molecule has 3 aromatic rings. The molecule has 0 saturated heterocycles. The number of H-pyrrole nitrogens is 1. The summed E-state index contributed by atoms with van der Waals surface area (Å²) < 4.78 is 5.52. The van der Waals surface area contributed by atoms with Crippen LogP contribution in [-0.4, -0.2) is 29.3 Å². The standard InChI is InChI=1S/C21H23ClN2O3/c1-13-3-4-14(2)20-19(13)9-15(21(26)24-20)10-23-11-17(25)12-27-18-7-5-16(22)6-8-18/h3-9,17,23,25H,10-12H2,1-2H3,(H,24,26)/t17-/m1/s1. The van der Waals surface area contributed by atoms with Crippen molar-refractivity contribution in [2.24, 2.45) is 0 Å². The van der Waals surface area contributed by atoms with Crippen LogP contribution >= 0.6 is 11.6 Å². The fraction of sp³-hybridized carbons (Fsp3) is 0.286. The second-order valence-corrected chi connectivity index (χ2v) is 7.10. The molecule has 0 aliphatic rings. The molecule has 27 heavy (non-hydrogen) atoms. The number of aryl methyl sites for hydroxylation is 2. The summed E-state index contributed by atoms with van der Waals surface area (Å²) in [6, 6.07) is 12.9. The Morgan fingerprint density at radius 1 is 1.15 bits per heavy atom. The second-order valence-electron chi connectivity index (χ2n) is 6.66. The van der Waals surface area contributed by atoms with Gasteiger partial charge in [-0.25, -0.2) is 0 Å². The van der Waals surface area contributed by atoms with E-state index in [4.69, 9.17) is 16.3 Å². The molecule has 2 aromatic carbocycles. The van der Waals surface area contributed by atoms with Crippen LogP contribution in [0.3, 0.4) is 0 Å². The van der Waals surface area contributed by atoms with E-state index in [1.54, 1.807) is 24.3 Å². The largest absolute Gasteiger partial charge is 0.491 e. The van der Waals surface area contributed by atoms with E-state index < -0.39 is 6.10 Å². The maximum Gasteiger partial charge on any atom is 0.252 e. The Kier molecular flexibility index (Phi) is 6.16. The maximum atomic E-state index is 12.3. The van der Waals surface area contributed by atoms with Crippen LogP contribution in [0.25, 0.3) is 10.9 Å². The Bertz CT molecular complexity index is 983. The number of hydrogen-bond acceptors (Lipinski definition) is 4. The van der Waals surface area contributed by atoms with Crippen molar-refractivity contribution in [1.29, 1.82) is 0 Å². The number of aromatic amines is 1. The molecular weight excluding hydrogens is 364 g/mol.